The van der Waals surface area contributed by atoms with Crippen LogP contribution < -0.4 is 11.1 Å². The highest BCUT2D eigenvalue weighted by molar-refractivity contribution is 5.99. The fraction of sp³-hybridized carbons (Fsp3) is 0.385. The molecule has 1 aromatic carbocycles. The first kappa shape index (κ1) is 11.8. The number of rotatable bonds is 4. The number of hydrogen-bond acceptors (Lipinski definition) is 3. The number of nitrogens with two attached hydrogens (primary N) is 1. The van der Waals surface area contributed by atoms with Gasteiger partial charge in [-0.05, 0) is 30.5 Å². The Morgan fingerprint density at radius 3 is 3.00 bits per heavy atom. The molecule has 1 aromatic rings. The maximum atomic E-state index is 11.2. The molecule has 0 saturated heterocycles. The van der Waals surface area contributed by atoms with Gasteiger partial charge in [-0.15, -0.1) is 0 Å². The molecule has 0 spiro atoms. The largest absolute Gasteiger partial charge is 0.326 e. The Balaban J connectivity index is 2.10. The van der Waals surface area contributed by atoms with E-state index in [4.69, 9.17) is 5.73 Å². The van der Waals surface area contributed by atoms with E-state index >= 15 is 0 Å². The van der Waals surface area contributed by atoms with E-state index in [0.717, 1.165) is 16.8 Å². The fourth-order valence-electron chi connectivity index (χ4n) is 2.01. The number of benzene rings is 1. The van der Waals surface area contributed by atoms with Crippen LogP contribution >= 0.6 is 0 Å². The molecule has 0 aliphatic carbocycles. The van der Waals surface area contributed by atoms with Crippen LogP contribution in [-0.4, -0.2) is 11.7 Å². The Hall–Kier alpha value is -1.68. The van der Waals surface area contributed by atoms with Crippen LogP contribution in [0.4, 0.5) is 5.69 Å². The molecule has 1 aliphatic rings. The van der Waals surface area contributed by atoms with Gasteiger partial charge in [0.2, 0.25) is 5.91 Å². The first-order valence-electron chi connectivity index (χ1n) is 5.74. The van der Waals surface area contributed by atoms with Gasteiger partial charge in [-0.3, -0.25) is 4.79 Å². The van der Waals surface area contributed by atoms with Crippen molar-refractivity contribution in [3.8, 4) is 0 Å². The second-order valence-electron chi connectivity index (χ2n) is 4.49. The number of hydrogen-bond donors (Lipinski definition) is 2. The van der Waals surface area contributed by atoms with E-state index in [1.807, 2.05) is 18.2 Å². The molecule has 90 valence electrons. The van der Waals surface area contributed by atoms with Crippen LogP contribution in [0.3, 0.4) is 0 Å². The number of amides is 1. The molecule has 0 saturated carbocycles. The Kier molecular flexibility index (Phi) is 3.24. The normalized spacial score (nSPS) is 15.3. The SMILES string of the molecule is CC(=O)CCC(N)c1ccc2c(c1)CC(=O)N2. The highest BCUT2D eigenvalue weighted by Gasteiger charge is 2.18. The third-order valence-corrected chi connectivity index (χ3v) is 2.99. The van der Waals surface area contributed by atoms with Crippen LogP contribution in [0, 0.1) is 0 Å². The molecule has 1 heterocycles. The van der Waals surface area contributed by atoms with E-state index in [1.54, 1.807) is 6.92 Å². The summed E-state index contributed by atoms with van der Waals surface area (Å²) in [6.45, 7) is 1.57. The van der Waals surface area contributed by atoms with Gasteiger partial charge in [0.25, 0.3) is 0 Å². The molecule has 1 amide bonds. The molecule has 3 N–H and O–H groups in total. The van der Waals surface area contributed by atoms with Crippen molar-refractivity contribution in [1.82, 2.24) is 0 Å². The molecule has 0 fully saturated rings. The summed E-state index contributed by atoms with van der Waals surface area (Å²) in [6.07, 6.45) is 1.56. The summed E-state index contributed by atoms with van der Waals surface area (Å²) in [6, 6.07) is 5.61. The Morgan fingerprint density at radius 2 is 2.29 bits per heavy atom. The predicted octanol–water partition coefficient (Wildman–Crippen LogP) is 1.55. The van der Waals surface area contributed by atoms with Crippen LogP contribution in [0.25, 0.3) is 0 Å². The summed E-state index contributed by atoms with van der Waals surface area (Å²) in [5.41, 5.74) is 8.87. The minimum Gasteiger partial charge on any atom is -0.326 e. The summed E-state index contributed by atoms with van der Waals surface area (Å²) in [7, 11) is 0. The monoisotopic (exact) mass is 232 g/mol. The molecular weight excluding hydrogens is 216 g/mol. The first-order valence-corrected chi connectivity index (χ1v) is 5.74. The molecule has 0 aromatic heterocycles. The van der Waals surface area contributed by atoms with Gasteiger partial charge in [0, 0.05) is 18.2 Å². The van der Waals surface area contributed by atoms with E-state index in [2.05, 4.69) is 5.32 Å². The summed E-state index contributed by atoms with van der Waals surface area (Å²) in [5, 5.41) is 2.78. The second-order valence-corrected chi connectivity index (χ2v) is 4.49. The molecule has 1 aliphatic heterocycles. The average molecular weight is 232 g/mol. The van der Waals surface area contributed by atoms with Gasteiger partial charge in [0.1, 0.15) is 5.78 Å². The lowest BCUT2D eigenvalue weighted by Gasteiger charge is -2.12. The van der Waals surface area contributed by atoms with E-state index in [9.17, 15) is 9.59 Å². The minimum absolute atomic E-state index is 0.0226. The molecular formula is C13H16N2O2. The van der Waals surface area contributed by atoms with Crippen LogP contribution in [0.15, 0.2) is 18.2 Å². The van der Waals surface area contributed by atoms with Gasteiger partial charge in [-0.25, -0.2) is 0 Å². The molecule has 0 bridgehead atoms. The molecule has 4 heteroatoms. The fourth-order valence-corrected chi connectivity index (χ4v) is 2.01. The molecule has 1 unspecified atom stereocenters. The Bertz CT molecular complexity index is 468. The maximum absolute atomic E-state index is 11.2. The van der Waals surface area contributed by atoms with Crippen molar-refractivity contribution in [2.45, 2.75) is 32.2 Å². The van der Waals surface area contributed by atoms with Crippen molar-refractivity contribution in [2.75, 3.05) is 5.32 Å². The minimum atomic E-state index is -0.139. The lowest BCUT2D eigenvalue weighted by molar-refractivity contribution is -0.117. The van der Waals surface area contributed by atoms with Gasteiger partial charge >= 0.3 is 0 Å². The third kappa shape index (κ3) is 2.71. The van der Waals surface area contributed by atoms with Crippen molar-refractivity contribution < 1.29 is 9.59 Å². The van der Waals surface area contributed by atoms with Crippen molar-refractivity contribution in [3.63, 3.8) is 0 Å². The van der Waals surface area contributed by atoms with E-state index in [-0.39, 0.29) is 17.7 Å². The maximum Gasteiger partial charge on any atom is 0.228 e. The van der Waals surface area contributed by atoms with Gasteiger partial charge < -0.3 is 15.8 Å². The second kappa shape index (κ2) is 4.67. The number of Topliss-reactive ketones (excluding diaryl/α,β-unsaturated/α-hetero) is 1. The van der Waals surface area contributed by atoms with Gasteiger partial charge in [0.05, 0.1) is 6.42 Å². The Morgan fingerprint density at radius 1 is 1.53 bits per heavy atom. The quantitative estimate of drug-likeness (QED) is 0.827. The highest BCUT2D eigenvalue weighted by atomic mass is 16.1. The number of anilines is 1. The lowest BCUT2D eigenvalue weighted by Crippen LogP contribution is -2.11. The van der Waals surface area contributed by atoms with Crippen molar-refractivity contribution >= 4 is 17.4 Å². The summed E-state index contributed by atoms with van der Waals surface area (Å²) >= 11 is 0. The summed E-state index contributed by atoms with van der Waals surface area (Å²) < 4.78 is 0. The number of ketones is 1. The van der Waals surface area contributed by atoms with Gasteiger partial charge in [0.15, 0.2) is 0 Å². The van der Waals surface area contributed by atoms with Crippen molar-refractivity contribution in [3.05, 3.63) is 29.3 Å². The summed E-state index contributed by atoms with van der Waals surface area (Å²) in [5.74, 6) is 0.174. The molecule has 2 rings (SSSR count). The number of nitrogens with one attached hydrogen (secondary N) is 1. The van der Waals surface area contributed by atoms with Crippen molar-refractivity contribution in [1.29, 1.82) is 0 Å². The molecule has 0 radical (unpaired) electrons. The van der Waals surface area contributed by atoms with Crippen LogP contribution in [0.2, 0.25) is 0 Å². The van der Waals surface area contributed by atoms with Gasteiger partial charge in [-0.2, -0.15) is 0 Å². The van der Waals surface area contributed by atoms with Gasteiger partial charge in [-0.1, -0.05) is 12.1 Å². The molecule has 4 nitrogen and oxygen atoms in total. The number of carbonyl (C=O) groups excluding carboxylic acids is 2. The first-order chi connectivity index (χ1) is 8.06. The van der Waals surface area contributed by atoms with Crippen molar-refractivity contribution in [2.24, 2.45) is 5.73 Å². The third-order valence-electron chi connectivity index (χ3n) is 2.99. The zero-order valence-electron chi connectivity index (χ0n) is 9.82. The highest BCUT2D eigenvalue weighted by Crippen LogP contribution is 2.27. The standard InChI is InChI=1S/C13H16N2O2/c1-8(16)2-4-11(14)9-3-5-12-10(6-9)7-13(17)15-12/h3,5-6,11H,2,4,7,14H2,1H3,(H,15,17). The lowest BCUT2D eigenvalue weighted by atomic mass is 9.99. The summed E-state index contributed by atoms with van der Waals surface area (Å²) in [4.78, 5) is 22.1. The van der Waals surface area contributed by atoms with Crippen LogP contribution in [-0.2, 0) is 16.0 Å². The predicted molar refractivity (Wildman–Crippen MR) is 65.6 cm³/mol. The smallest absolute Gasteiger partial charge is 0.228 e. The van der Waals surface area contributed by atoms with Crippen LogP contribution in [0.5, 0.6) is 0 Å². The van der Waals surface area contributed by atoms with E-state index in [0.29, 0.717) is 19.3 Å². The molecule has 17 heavy (non-hydrogen) atoms. The average Bonchev–Trinajstić information content (AvgIpc) is 2.64. The van der Waals surface area contributed by atoms with Crippen LogP contribution in [0.1, 0.15) is 36.9 Å². The number of carbonyl (C=O) groups is 2. The Labute approximate surface area is 100 Å². The number of fused-ring (bicyclic) bond motifs is 1. The van der Waals surface area contributed by atoms with E-state index in [1.165, 1.54) is 0 Å². The zero-order valence-corrected chi connectivity index (χ0v) is 9.82. The zero-order chi connectivity index (χ0) is 12.4. The topological polar surface area (TPSA) is 72.2 Å². The molecule has 1 atom stereocenters. The van der Waals surface area contributed by atoms with E-state index < -0.39 is 0 Å².